The molecule has 6 heteroatoms. The van der Waals surface area contributed by atoms with Gasteiger partial charge in [-0.25, -0.2) is 9.59 Å². The van der Waals surface area contributed by atoms with Crippen LogP contribution >= 0.6 is 0 Å². The second-order valence-corrected chi connectivity index (χ2v) is 6.14. The topological polar surface area (TPSA) is 78.9 Å². The van der Waals surface area contributed by atoms with Crippen molar-refractivity contribution >= 4 is 17.7 Å². The van der Waals surface area contributed by atoms with Crippen LogP contribution in [0.5, 0.6) is 0 Å². The molecule has 0 spiro atoms. The van der Waals surface area contributed by atoms with Crippen molar-refractivity contribution in [3.8, 4) is 0 Å². The highest BCUT2D eigenvalue weighted by Gasteiger charge is 2.38. The van der Waals surface area contributed by atoms with Crippen molar-refractivity contribution in [3.05, 3.63) is 24.0 Å². The quantitative estimate of drug-likeness (QED) is 0.423. The van der Waals surface area contributed by atoms with Crippen LogP contribution in [0, 0.1) is 5.92 Å². The average molecular weight is 322 g/mol. The number of cyclic esters (lactones) is 1. The van der Waals surface area contributed by atoms with Crippen LogP contribution in [0.3, 0.4) is 0 Å². The van der Waals surface area contributed by atoms with E-state index in [0.717, 1.165) is 6.42 Å². The van der Waals surface area contributed by atoms with E-state index in [1.807, 2.05) is 0 Å². The van der Waals surface area contributed by atoms with Gasteiger partial charge in [0.2, 0.25) is 0 Å². The molecule has 0 aromatic heterocycles. The molecule has 23 heavy (non-hydrogen) atoms. The van der Waals surface area contributed by atoms with E-state index in [1.54, 1.807) is 19.9 Å². The first kappa shape index (κ1) is 17.2. The van der Waals surface area contributed by atoms with Crippen LogP contribution < -0.4 is 0 Å². The first-order chi connectivity index (χ1) is 10.8. The van der Waals surface area contributed by atoms with Gasteiger partial charge in [-0.15, -0.1) is 0 Å². The van der Waals surface area contributed by atoms with Crippen LogP contribution in [-0.4, -0.2) is 36.5 Å². The predicted molar refractivity (Wildman–Crippen MR) is 81.3 cm³/mol. The second-order valence-electron chi connectivity index (χ2n) is 6.14. The Morgan fingerprint density at radius 1 is 1.48 bits per heavy atom. The van der Waals surface area contributed by atoms with Crippen molar-refractivity contribution in [1.29, 1.82) is 0 Å². The number of ketones is 1. The molecule has 0 aromatic carbocycles. The number of rotatable bonds is 6. The van der Waals surface area contributed by atoms with Crippen molar-refractivity contribution in [2.45, 2.75) is 45.1 Å². The Hall–Kier alpha value is -2.11. The summed E-state index contributed by atoms with van der Waals surface area (Å²) in [6, 6.07) is 0. The van der Waals surface area contributed by atoms with E-state index < -0.39 is 11.6 Å². The minimum absolute atomic E-state index is 0.0474. The molecule has 0 aromatic rings. The van der Waals surface area contributed by atoms with Crippen LogP contribution in [0.2, 0.25) is 0 Å². The Morgan fingerprint density at radius 2 is 2.22 bits per heavy atom. The zero-order valence-corrected chi connectivity index (χ0v) is 13.6. The van der Waals surface area contributed by atoms with Crippen molar-refractivity contribution in [3.63, 3.8) is 0 Å². The molecule has 2 atom stereocenters. The fourth-order valence-electron chi connectivity index (χ4n) is 2.98. The second kappa shape index (κ2) is 6.98. The van der Waals surface area contributed by atoms with Crippen molar-refractivity contribution in [1.82, 2.24) is 0 Å². The van der Waals surface area contributed by atoms with E-state index in [-0.39, 0.29) is 36.5 Å². The maximum atomic E-state index is 12.0. The fraction of sp³-hybridized carbons (Fsp3) is 0.588. The number of Topliss-reactive ketones (excluding diaryl/α,β-unsaturated/α-hetero) is 1. The van der Waals surface area contributed by atoms with Crippen LogP contribution in [-0.2, 0) is 28.6 Å². The zero-order valence-electron chi connectivity index (χ0n) is 13.6. The van der Waals surface area contributed by atoms with Gasteiger partial charge in [0, 0.05) is 12.0 Å². The Morgan fingerprint density at radius 3 is 2.91 bits per heavy atom. The van der Waals surface area contributed by atoms with Crippen LogP contribution in [0.1, 0.15) is 39.5 Å². The van der Waals surface area contributed by atoms with Crippen molar-refractivity contribution in [2.24, 2.45) is 5.92 Å². The first-order valence-corrected chi connectivity index (χ1v) is 7.78. The number of hydrogen-bond donors (Lipinski definition) is 0. The van der Waals surface area contributed by atoms with E-state index in [9.17, 15) is 14.4 Å². The minimum Gasteiger partial charge on any atom is -0.479 e. The SMILES string of the molecule is C=C(OCC(=O)OC1(C)C=C2CC(CCOC2=O)C1)C(=O)CC. The molecule has 126 valence electrons. The fourth-order valence-corrected chi connectivity index (χ4v) is 2.98. The maximum Gasteiger partial charge on any atom is 0.345 e. The monoisotopic (exact) mass is 322 g/mol. The van der Waals surface area contributed by atoms with Gasteiger partial charge < -0.3 is 14.2 Å². The number of allylic oxidation sites excluding steroid dienone is 1. The van der Waals surface area contributed by atoms with Gasteiger partial charge in [0.1, 0.15) is 5.60 Å². The highest BCUT2D eigenvalue weighted by atomic mass is 16.6. The van der Waals surface area contributed by atoms with Gasteiger partial charge >= 0.3 is 11.9 Å². The minimum atomic E-state index is -0.863. The molecule has 0 N–H and O–H groups in total. The molecular weight excluding hydrogens is 300 g/mol. The molecule has 2 rings (SSSR count). The number of esters is 2. The van der Waals surface area contributed by atoms with Crippen LogP contribution in [0.15, 0.2) is 24.0 Å². The molecule has 1 heterocycles. The molecule has 1 saturated heterocycles. The summed E-state index contributed by atoms with van der Waals surface area (Å²) in [7, 11) is 0. The molecule has 2 aliphatic rings. The number of ether oxygens (including phenoxy) is 3. The largest absolute Gasteiger partial charge is 0.479 e. The Labute approximate surface area is 135 Å². The molecule has 0 amide bonds. The van der Waals surface area contributed by atoms with Gasteiger partial charge in [-0.1, -0.05) is 13.5 Å². The van der Waals surface area contributed by atoms with E-state index in [1.165, 1.54) is 0 Å². The van der Waals surface area contributed by atoms with E-state index in [2.05, 4.69) is 6.58 Å². The van der Waals surface area contributed by atoms with Gasteiger partial charge in [-0.2, -0.15) is 0 Å². The molecule has 0 radical (unpaired) electrons. The van der Waals surface area contributed by atoms with E-state index >= 15 is 0 Å². The van der Waals surface area contributed by atoms with Gasteiger partial charge in [0.05, 0.1) is 6.61 Å². The molecule has 6 nitrogen and oxygen atoms in total. The standard InChI is InChI=1S/C17H22O6/c1-4-14(18)11(2)22-10-15(19)23-17(3)8-12-5-6-21-16(20)13(7-12)9-17/h9,12H,2,4-8,10H2,1,3H3. The average Bonchev–Trinajstić information content (AvgIpc) is 2.62. The van der Waals surface area contributed by atoms with Crippen LogP contribution in [0.25, 0.3) is 0 Å². The summed E-state index contributed by atoms with van der Waals surface area (Å²) in [5.41, 5.74) is -0.307. The lowest BCUT2D eigenvalue weighted by atomic mass is 9.79. The summed E-state index contributed by atoms with van der Waals surface area (Å²) in [5.74, 6) is -0.989. The number of hydrogen-bond acceptors (Lipinski definition) is 6. The van der Waals surface area contributed by atoms with Gasteiger partial charge in [0.15, 0.2) is 18.1 Å². The van der Waals surface area contributed by atoms with E-state index in [0.29, 0.717) is 25.0 Å². The van der Waals surface area contributed by atoms with Gasteiger partial charge in [0.25, 0.3) is 0 Å². The first-order valence-electron chi connectivity index (χ1n) is 7.78. The molecule has 2 bridgehead atoms. The maximum absolute atomic E-state index is 12.0. The zero-order chi connectivity index (χ0) is 17.0. The summed E-state index contributed by atoms with van der Waals surface area (Å²) in [6.07, 6.45) is 3.98. The lowest BCUT2D eigenvalue weighted by Gasteiger charge is -2.34. The third-order valence-corrected chi connectivity index (χ3v) is 4.05. The number of fused-ring (bicyclic) bond motifs is 2. The third-order valence-electron chi connectivity index (χ3n) is 4.05. The normalized spacial score (nSPS) is 26.4. The lowest BCUT2D eigenvalue weighted by Crippen LogP contribution is -2.37. The molecule has 1 aliphatic carbocycles. The highest BCUT2D eigenvalue weighted by Crippen LogP contribution is 2.37. The third kappa shape index (κ3) is 4.43. The number of carbonyl (C=O) groups excluding carboxylic acids is 3. The molecule has 1 fully saturated rings. The van der Waals surface area contributed by atoms with Crippen molar-refractivity contribution < 1.29 is 28.6 Å². The molecule has 1 aliphatic heterocycles. The molecular formula is C17H22O6. The Balaban J connectivity index is 1.97. The smallest absolute Gasteiger partial charge is 0.345 e. The molecule has 2 unspecified atom stereocenters. The molecule has 0 saturated carbocycles. The number of carbonyl (C=O) groups is 3. The predicted octanol–water partition coefficient (Wildman–Crippen LogP) is 2.08. The van der Waals surface area contributed by atoms with E-state index in [4.69, 9.17) is 14.2 Å². The summed E-state index contributed by atoms with van der Waals surface area (Å²) in [6.45, 7) is 6.95. The highest BCUT2D eigenvalue weighted by molar-refractivity contribution is 5.92. The van der Waals surface area contributed by atoms with Gasteiger partial charge in [-0.3, -0.25) is 4.79 Å². The van der Waals surface area contributed by atoms with Crippen molar-refractivity contribution in [2.75, 3.05) is 13.2 Å². The summed E-state index contributed by atoms with van der Waals surface area (Å²) >= 11 is 0. The van der Waals surface area contributed by atoms with Crippen LogP contribution in [0.4, 0.5) is 0 Å². The van der Waals surface area contributed by atoms with Gasteiger partial charge in [-0.05, 0) is 38.2 Å². The summed E-state index contributed by atoms with van der Waals surface area (Å²) in [5, 5.41) is 0. The summed E-state index contributed by atoms with van der Waals surface area (Å²) in [4.78, 5) is 35.1. The Kier molecular flexibility index (Phi) is 5.23. The lowest BCUT2D eigenvalue weighted by molar-refractivity contribution is -0.160. The summed E-state index contributed by atoms with van der Waals surface area (Å²) < 4.78 is 15.6. The Bertz CT molecular complexity index is 561.